The summed E-state index contributed by atoms with van der Waals surface area (Å²) >= 11 is 0. The third kappa shape index (κ3) is 2.97. The lowest BCUT2D eigenvalue weighted by atomic mass is 10.3. The van der Waals surface area contributed by atoms with Crippen LogP contribution in [0.5, 0.6) is 5.75 Å². The summed E-state index contributed by atoms with van der Waals surface area (Å²) in [5, 5.41) is 18.0. The normalized spacial score (nSPS) is 12.6. The first kappa shape index (κ1) is 10.9. The summed E-state index contributed by atoms with van der Waals surface area (Å²) in [5.74, 6) is 0.527. The van der Waals surface area contributed by atoms with Gasteiger partial charge in [0.05, 0.1) is 12.7 Å². The average Bonchev–Trinajstić information content (AvgIpc) is 2.15. The van der Waals surface area contributed by atoms with Crippen LogP contribution in [0.3, 0.4) is 0 Å². The fourth-order valence-electron chi connectivity index (χ4n) is 1.05. The molecule has 0 fully saturated rings. The van der Waals surface area contributed by atoms with Gasteiger partial charge in [0.2, 0.25) is 0 Å². The molecule has 0 aliphatic heterocycles. The highest BCUT2D eigenvalue weighted by Gasteiger charge is 2.05. The Morgan fingerprint density at radius 3 is 2.79 bits per heavy atom. The van der Waals surface area contributed by atoms with E-state index < -0.39 is 6.10 Å². The number of pyridine rings is 1. The van der Waals surface area contributed by atoms with E-state index in [1.165, 1.54) is 0 Å². The number of aliphatic hydroxyl groups excluding tert-OH is 2. The second-order valence-corrected chi connectivity index (χ2v) is 3.22. The number of aliphatic hydroxyl groups is 2. The zero-order valence-electron chi connectivity index (χ0n) is 8.40. The standard InChI is InChI=1S/C10H15NO3/c1-7-3-4-10(9(5-12)11-7)14-6-8(2)13/h3-4,8,12-13H,5-6H2,1-2H3. The molecule has 4 nitrogen and oxygen atoms in total. The minimum Gasteiger partial charge on any atom is -0.489 e. The van der Waals surface area contributed by atoms with E-state index in [9.17, 15) is 0 Å². The van der Waals surface area contributed by atoms with Crippen LogP contribution in [0.25, 0.3) is 0 Å². The van der Waals surface area contributed by atoms with Crippen LogP contribution in [-0.4, -0.2) is 27.9 Å². The predicted octanol–water partition coefficient (Wildman–Crippen LogP) is 0.642. The van der Waals surface area contributed by atoms with Crippen LogP contribution >= 0.6 is 0 Å². The fourth-order valence-corrected chi connectivity index (χ4v) is 1.05. The zero-order valence-corrected chi connectivity index (χ0v) is 8.40. The van der Waals surface area contributed by atoms with E-state index in [4.69, 9.17) is 14.9 Å². The predicted molar refractivity (Wildman–Crippen MR) is 52.1 cm³/mol. The van der Waals surface area contributed by atoms with Crippen LogP contribution in [0.15, 0.2) is 12.1 Å². The molecule has 0 aliphatic carbocycles. The molecule has 1 atom stereocenters. The molecule has 0 spiro atoms. The van der Waals surface area contributed by atoms with E-state index in [2.05, 4.69) is 4.98 Å². The van der Waals surface area contributed by atoms with Crippen molar-refractivity contribution in [2.75, 3.05) is 6.61 Å². The Kier molecular flexibility index (Phi) is 3.85. The Morgan fingerprint density at radius 2 is 2.21 bits per heavy atom. The molecule has 0 aromatic carbocycles. The summed E-state index contributed by atoms with van der Waals surface area (Å²) in [5.41, 5.74) is 1.34. The molecule has 1 unspecified atom stereocenters. The van der Waals surface area contributed by atoms with E-state index >= 15 is 0 Å². The van der Waals surface area contributed by atoms with E-state index in [1.54, 1.807) is 19.1 Å². The van der Waals surface area contributed by atoms with Gasteiger partial charge in [0.15, 0.2) is 0 Å². The van der Waals surface area contributed by atoms with Gasteiger partial charge < -0.3 is 14.9 Å². The minimum atomic E-state index is -0.525. The second kappa shape index (κ2) is 4.93. The Morgan fingerprint density at radius 1 is 1.50 bits per heavy atom. The molecule has 0 radical (unpaired) electrons. The van der Waals surface area contributed by atoms with Crippen molar-refractivity contribution in [3.63, 3.8) is 0 Å². The average molecular weight is 197 g/mol. The van der Waals surface area contributed by atoms with Crippen molar-refractivity contribution in [3.05, 3.63) is 23.5 Å². The van der Waals surface area contributed by atoms with Crippen molar-refractivity contribution in [2.24, 2.45) is 0 Å². The van der Waals surface area contributed by atoms with Gasteiger partial charge in [-0.15, -0.1) is 0 Å². The monoisotopic (exact) mass is 197 g/mol. The summed E-state index contributed by atoms with van der Waals surface area (Å²) < 4.78 is 5.27. The van der Waals surface area contributed by atoms with Crippen LogP contribution in [-0.2, 0) is 6.61 Å². The maximum absolute atomic E-state index is 9.02. The molecule has 2 N–H and O–H groups in total. The van der Waals surface area contributed by atoms with Crippen LogP contribution in [0.4, 0.5) is 0 Å². The highest BCUT2D eigenvalue weighted by molar-refractivity contribution is 5.28. The number of hydrogen-bond acceptors (Lipinski definition) is 4. The van der Waals surface area contributed by atoms with Crippen molar-refractivity contribution in [2.45, 2.75) is 26.6 Å². The van der Waals surface area contributed by atoms with Crippen molar-refractivity contribution in [3.8, 4) is 5.75 Å². The summed E-state index contributed by atoms with van der Waals surface area (Å²) in [6, 6.07) is 3.55. The van der Waals surface area contributed by atoms with Gasteiger partial charge in [0.25, 0.3) is 0 Å². The Labute approximate surface area is 83.2 Å². The number of ether oxygens (including phenoxy) is 1. The SMILES string of the molecule is Cc1ccc(OCC(C)O)c(CO)n1. The number of aryl methyl sites for hydroxylation is 1. The molecule has 78 valence electrons. The lowest BCUT2D eigenvalue weighted by Gasteiger charge is -2.11. The Bertz CT molecular complexity index is 299. The molecule has 4 heteroatoms. The largest absolute Gasteiger partial charge is 0.489 e. The molecule has 1 rings (SSSR count). The second-order valence-electron chi connectivity index (χ2n) is 3.22. The molecule has 14 heavy (non-hydrogen) atoms. The number of aromatic nitrogens is 1. The van der Waals surface area contributed by atoms with Gasteiger partial charge >= 0.3 is 0 Å². The number of nitrogens with zero attached hydrogens (tertiary/aromatic N) is 1. The van der Waals surface area contributed by atoms with Crippen molar-refractivity contribution in [1.29, 1.82) is 0 Å². The molecule has 0 aliphatic rings. The van der Waals surface area contributed by atoms with Crippen molar-refractivity contribution in [1.82, 2.24) is 4.98 Å². The molecular formula is C10H15NO3. The molecule has 1 heterocycles. The third-order valence-corrected chi connectivity index (χ3v) is 1.70. The first-order chi connectivity index (χ1) is 6.63. The number of hydrogen-bond donors (Lipinski definition) is 2. The molecule has 0 amide bonds. The minimum absolute atomic E-state index is 0.156. The Hall–Kier alpha value is -1.13. The fraction of sp³-hybridized carbons (Fsp3) is 0.500. The lowest BCUT2D eigenvalue weighted by molar-refractivity contribution is 0.120. The summed E-state index contributed by atoms with van der Waals surface area (Å²) in [6.07, 6.45) is -0.525. The van der Waals surface area contributed by atoms with Gasteiger partial charge in [-0.3, -0.25) is 4.98 Å². The number of rotatable bonds is 4. The van der Waals surface area contributed by atoms with Crippen molar-refractivity contribution >= 4 is 0 Å². The Balaban J connectivity index is 2.75. The smallest absolute Gasteiger partial charge is 0.143 e. The van der Waals surface area contributed by atoms with Crippen molar-refractivity contribution < 1.29 is 14.9 Å². The molecular weight excluding hydrogens is 182 g/mol. The maximum atomic E-state index is 9.02. The van der Waals surface area contributed by atoms with Crippen LogP contribution in [0.2, 0.25) is 0 Å². The summed E-state index contributed by atoms with van der Waals surface area (Å²) in [4.78, 5) is 4.11. The van der Waals surface area contributed by atoms with Gasteiger partial charge in [-0.05, 0) is 26.0 Å². The lowest BCUT2D eigenvalue weighted by Crippen LogP contribution is -2.14. The van der Waals surface area contributed by atoms with Gasteiger partial charge in [-0.1, -0.05) is 0 Å². The van der Waals surface area contributed by atoms with E-state index in [1.807, 2.05) is 6.92 Å². The van der Waals surface area contributed by atoms with Crippen LogP contribution < -0.4 is 4.74 Å². The van der Waals surface area contributed by atoms with Gasteiger partial charge in [-0.2, -0.15) is 0 Å². The van der Waals surface area contributed by atoms with E-state index in [-0.39, 0.29) is 13.2 Å². The topological polar surface area (TPSA) is 62.6 Å². The molecule has 0 bridgehead atoms. The highest BCUT2D eigenvalue weighted by atomic mass is 16.5. The zero-order chi connectivity index (χ0) is 10.6. The van der Waals surface area contributed by atoms with Crippen LogP contribution in [0, 0.1) is 6.92 Å². The molecule has 0 saturated heterocycles. The quantitative estimate of drug-likeness (QED) is 0.743. The first-order valence-corrected chi connectivity index (χ1v) is 4.51. The van der Waals surface area contributed by atoms with Gasteiger partial charge in [0.1, 0.15) is 18.1 Å². The van der Waals surface area contributed by atoms with Gasteiger partial charge in [0, 0.05) is 5.69 Å². The summed E-state index contributed by atoms with van der Waals surface area (Å²) in [6.45, 7) is 3.53. The van der Waals surface area contributed by atoms with Crippen LogP contribution in [0.1, 0.15) is 18.3 Å². The van der Waals surface area contributed by atoms with Gasteiger partial charge in [-0.25, -0.2) is 0 Å². The molecule has 1 aromatic heterocycles. The summed E-state index contributed by atoms with van der Waals surface area (Å²) in [7, 11) is 0. The first-order valence-electron chi connectivity index (χ1n) is 4.51. The third-order valence-electron chi connectivity index (χ3n) is 1.70. The van der Waals surface area contributed by atoms with E-state index in [0.717, 1.165) is 5.69 Å². The molecule has 1 aromatic rings. The maximum Gasteiger partial charge on any atom is 0.143 e. The van der Waals surface area contributed by atoms with E-state index in [0.29, 0.717) is 11.4 Å². The molecule has 0 saturated carbocycles. The highest BCUT2D eigenvalue weighted by Crippen LogP contribution is 2.16.